The van der Waals surface area contributed by atoms with Gasteiger partial charge in [0.1, 0.15) is 0 Å². The number of aryl methyl sites for hydroxylation is 1. The molecule has 5 nitrogen and oxygen atoms in total. The molecule has 1 rings (SSSR count). The number of benzene rings is 1. The molecule has 6 heteroatoms. The third-order valence-electron chi connectivity index (χ3n) is 2.98. The van der Waals surface area contributed by atoms with E-state index in [0.717, 1.165) is 5.56 Å². The van der Waals surface area contributed by atoms with E-state index >= 15 is 0 Å². The third-order valence-corrected chi connectivity index (χ3v) is 3.30. The van der Waals surface area contributed by atoms with Crippen molar-refractivity contribution < 1.29 is 14.7 Å². The predicted molar refractivity (Wildman–Crippen MR) is 79.2 cm³/mol. The van der Waals surface area contributed by atoms with E-state index in [1.807, 2.05) is 19.1 Å². The lowest BCUT2D eigenvalue weighted by Gasteiger charge is -2.11. The number of rotatable bonds is 6. The van der Waals surface area contributed by atoms with Gasteiger partial charge in [-0.05, 0) is 31.4 Å². The summed E-state index contributed by atoms with van der Waals surface area (Å²) in [5.74, 6) is -1.22. The number of hydrogen-bond donors (Lipinski definition) is 3. The molecule has 0 aliphatic rings. The number of carbonyl (C=O) groups excluding carboxylic acids is 1. The summed E-state index contributed by atoms with van der Waals surface area (Å²) >= 11 is 6.00. The topological polar surface area (TPSA) is 78.4 Å². The van der Waals surface area contributed by atoms with Crippen LogP contribution in [0.4, 0.5) is 10.5 Å². The van der Waals surface area contributed by atoms with Gasteiger partial charge in [-0.2, -0.15) is 0 Å². The molecular formula is C14H19ClN2O3. The Hall–Kier alpha value is -1.75. The molecule has 0 aliphatic heterocycles. The molecular weight excluding hydrogens is 280 g/mol. The molecule has 0 radical (unpaired) electrons. The maximum atomic E-state index is 11.7. The number of hydrogen-bond acceptors (Lipinski definition) is 2. The number of nitrogens with one attached hydrogen (secondary N) is 2. The Bertz CT molecular complexity index is 471. The molecule has 0 spiro atoms. The Labute approximate surface area is 123 Å². The maximum Gasteiger partial charge on any atom is 0.319 e. The zero-order valence-corrected chi connectivity index (χ0v) is 12.3. The van der Waals surface area contributed by atoms with Crippen molar-refractivity contribution in [2.24, 2.45) is 5.92 Å². The minimum atomic E-state index is -0.818. The van der Waals surface area contributed by atoms with Gasteiger partial charge in [0.2, 0.25) is 0 Å². The highest BCUT2D eigenvalue weighted by Gasteiger charge is 2.11. The van der Waals surface area contributed by atoms with Crippen LogP contribution in [0.15, 0.2) is 18.2 Å². The minimum Gasteiger partial charge on any atom is -0.481 e. The number of halogens is 1. The fourth-order valence-electron chi connectivity index (χ4n) is 1.68. The summed E-state index contributed by atoms with van der Waals surface area (Å²) in [6.45, 7) is 3.93. The van der Waals surface area contributed by atoms with Crippen LogP contribution in [0.3, 0.4) is 0 Å². The van der Waals surface area contributed by atoms with E-state index < -0.39 is 11.9 Å². The zero-order chi connectivity index (χ0) is 15.1. The number of carbonyl (C=O) groups is 2. The largest absolute Gasteiger partial charge is 0.481 e. The van der Waals surface area contributed by atoms with Crippen LogP contribution < -0.4 is 10.6 Å². The van der Waals surface area contributed by atoms with Crippen molar-refractivity contribution >= 4 is 29.3 Å². The normalized spacial score (nSPS) is 11.8. The fraction of sp³-hybridized carbons (Fsp3) is 0.429. The molecule has 0 saturated carbocycles. The van der Waals surface area contributed by atoms with Crippen LogP contribution in [0, 0.1) is 12.8 Å². The minimum absolute atomic E-state index is 0.343. The molecule has 110 valence electrons. The number of anilines is 1. The summed E-state index contributed by atoms with van der Waals surface area (Å²) < 4.78 is 0. The second-order valence-corrected chi connectivity index (χ2v) is 5.10. The first-order valence-electron chi connectivity index (χ1n) is 6.44. The Balaban J connectivity index is 2.36. The van der Waals surface area contributed by atoms with Gasteiger partial charge >= 0.3 is 12.0 Å². The molecule has 0 heterocycles. The first-order valence-corrected chi connectivity index (χ1v) is 6.82. The van der Waals surface area contributed by atoms with Crippen LogP contribution >= 0.6 is 11.6 Å². The molecule has 1 aromatic rings. The molecule has 1 atom stereocenters. The number of carboxylic acid groups (broad SMARTS) is 1. The van der Waals surface area contributed by atoms with E-state index in [9.17, 15) is 9.59 Å². The smallest absolute Gasteiger partial charge is 0.319 e. The van der Waals surface area contributed by atoms with Gasteiger partial charge in [-0.15, -0.1) is 0 Å². The second kappa shape index (κ2) is 7.75. The number of urea groups is 1. The lowest BCUT2D eigenvalue weighted by atomic mass is 10.1. The number of carboxylic acids is 1. The first-order chi connectivity index (χ1) is 9.41. The summed E-state index contributed by atoms with van der Waals surface area (Å²) in [5, 5.41) is 14.6. The van der Waals surface area contributed by atoms with Crippen molar-refractivity contribution in [3.8, 4) is 0 Å². The molecule has 0 fully saturated rings. The molecule has 0 saturated heterocycles. The highest BCUT2D eigenvalue weighted by Crippen LogP contribution is 2.24. The van der Waals surface area contributed by atoms with Crippen molar-refractivity contribution in [3.63, 3.8) is 0 Å². The average Bonchev–Trinajstić information content (AvgIpc) is 2.38. The molecule has 0 aromatic heterocycles. The zero-order valence-electron chi connectivity index (χ0n) is 11.6. The Morgan fingerprint density at radius 1 is 1.40 bits per heavy atom. The van der Waals surface area contributed by atoms with E-state index in [2.05, 4.69) is 10.6 Å². The van der Waals surface area contributed by atoms with Gasteiger partial charge in [-0.3, -0.25) is 4.79 Å². The molecule has 2 amide bonds. The summed E-state index contributed by atoms with van der Waals surface area (Å²) in [5.41, 5.74) is 1.47. The second-order valence-electron chi connectivity index (χ2n) is 4.69. The van der Waals surface area contributed by atoms with Gasteiger partial charge in [0.25, 0.3) is 0 Å². The maximum absolute atomic E-state index is 11.7. The van der Waals surface area contributed by atoms with Crippen molar-refractivity contribution in [2.45, 2.75) is 26.7 Å². The van der Waals surface area contributed by atoms with Crippen LogP contribution in [0.25, 0.3) is 0 Å². The van der Waals surface area contributed by atoms with Crippen molar-refractivity contribution in [1.29, 1.82) is 0 Å². The Kier molecular flexibility index (Phi) is 6.31. The lowest BCUT2D eigenvalue weighted by Crippen LogP contribution is -2.30. The monoisotopic (exact) mass is 298 g/mol. The van der Waals surface area contributed by atoms with Crippen LogP contribution in [0.2, 0.25) is 5.02 Å². The van der Waals surface area contributed by atoms with Crippen molar-refractivity contribution in [3.05, 3.63) is 28.8 Å². The van der Waals surface area contributed by atoms with Crippen LogP contribution in [-0.2, 0) is 4.79 Å². The van der Waals surface area contributed by atoms with E-state index in [0.29, 0.717) is 30.1 Å². The summed E-state index contributed by atoms with van der Waals surface area (Å²) in [4.78, 5) is 22.3. The Morgan fingerprint density at radius 3 is 2.70 bits per heavy atom. The highest BCUT2D eigenvalue weighted by atomic mass is 35.5. The van der Waals surface area contributed by atoms with Crippen molar-refractivity contribution in [1.82, 2.24) is 5.32 Å². The number of amides is 2. The Morgan fingerprint density at radius 2 is 2.10 bits per heavy atom. The van der Waals surface area contributed by atoms with Gasteiger partial charge in [-0.1, -0.05) is 30.7 Å². The molecule has 3 N–H and O–H groups in total. The molecule has 0 bridgehead atoms. The standard InChI is InChI=1S/C14H19ClN2O3/c1-9-5-3-7-11(15)12(9)17-14(20)16-8-4-6-10(2)13(18)19/h3,5,7,10H,4,6,8H2,1-2H3,(H,18,19)(H2,16,17,20). The van der Waals surface area contributed by atoms with E-state index in [1.54, 1.807) is 13.0 Å². The summed E-state index contributed by atoms with van der Waals surface area (Å²) in [7, 11) is 0. The van der Waals surface area contributed by atoms with Crippen LogP contribution in [0.1, 0.15) is 25.3 Å². The van der Waals surface area contributed by atoms with Crippen LogP contribution in [-0.4, -0.2) is 23.7 Å². The number of para-hydroxylation sites is 1. The summed E-state index contributed by atoms with van der Waals surface area (Å²) in [6, 6.07) is 5.03. The lowest BCUT2D eigenvalue weighted by molar-refractivity contribution is -0.141. The molecule has 20 heavy (non-hydrogen) atoms. The van der Waals surface area contributed by atoms with Gasteiger partial charge in [0, 0.05) is 6.54 Å². The quantitative estimate of drug-likeness (QED) is 0.705. The SMILES string of the molecule is Cc1cccc(Cl)c1NC(=O)NCCCC(C)C(=O)O. The third kappa shape index (κ3) is 5.09. The summed E-state index contributed by atoms with van der Waals surface area (Å²) in [6.07, 6.45) is 1.14. The van der Waals surface area contributed by atoms with Crippen LogP contribution in [0.5, 0.6) is 0 Å². The fourth-order valence-corrected chi connectivity index (χ4v) is 1.95. The molecule has 1 aromatic carbocycles. The van der Waals surface area contributed by atoms with Gasteiger partial charge < -0.3 is 15.7 Å². The van der Waals surface area contributed by atoms with Crippen molar-refractivity contribution in [2.75, 3.05) is 11.9 Å². The van der Waals surface area contributed by atoms with E-state index in [-0.39, 0.29) is 6.03 Å². The molecule has 1 unspecified atom stereocenters. The molecule has 0 aliphatic carbocycles. The van der Waals surface area contributed by atoms with E-state index in [1.165, 1.54) is 0 Å². The number of aliphatic carboxylic acids is 1. The van der Waals surface area contributed by atoms with Gasteiger partial charge in [-0.25, -0.2) is 4.79 Å². The highest BCUT2D eigenvalue weighted by molar-refractivity contribution is 6.33. The average molecular weight is 299 g/mol. The van der Waals surface area contributed by atoms with E-state index in [4.69, 9.17) is 16.7 Å². The van der Waals surface area contributed by atoms with Gasteiger partial charge in [0.15, 0.2) is 0 Å². The van der Waals surface area contributed by atoms with Gasteiger partial charge in [0.05, 0.1) is 16.6 Å². The first kappa shape index (κ1) is 16.3. The predicted octanol–water partition coefficient (Wildman–Crippen LogP) is 3.27.